The Kier molecular flexibility index (Phi) is 3.99. The van der Waals surface area contributed by atoms with Crippen LogP contribution in [0.15, 0.2) is 30.5 Å². The lowest BCUT2D eigenvalue weighted by Crippen LogP contribution is -2.33. The zero-order valence-corrected chi connectivity index (χ0v) is 12.3. The maximum Gasteiger partial charge on any atom is 0.325 e. The Morgan fingerprint density at radius 1 is 1.38 bits per heavy atom. The molecule has 0 bridgehead atoms. The molecule has 1 atom stereocenters. The van der Waals surface area contributed by atoms with E-state index in [9.17, 15) is 13.2 Å². The van der Waals surface area contributed by atoms with Gasteiger partial charge in [0, 0.05) is 11.6 Å². The zero-order chi connectivity index (χ0) is 15.6. The summed E-state index contributed by atoms with van der Waals surface area (Å²) in [6.07, 6.45) is 1.56. The Morgan fingerprint density at radius 2 is 2.10 bits per heavy atom. The summed E-state index contributed by atoms with van der Waals surface area (Å²) in [4.78, 5) is 15.5. The molecule has 0 fully saturated rings. The summed E-state index contributed by atoms with van der Waals surface area (Å²) in [6.45, 7) is 1.26. The number of carbonyl (C=O) groups is 1. The van der Waals surface area contributed by atoms with Crippen LogP contribution in [0, 0.1) is 0 Å². The van der Waals surface area contributed by atoms with Crippen LogP contribution in [0.5, 0.6) is 0 Å². The smallest absolute Gasteiger partial charge is 0.325 e. The van der Waals surface area contributed by atoms with Gasteiger partial charge in [0.05, 0.1) is 24.0 Å². The SMILES string of the molecule is COC(=O)C(C)S(=O)(=O)Nc1ccc(N)c2ncccc12. The molecule has 0 saturated carbocycles. The minimum Gasteiger partial charge on any atom is -0.468 e. The van der Waals surface area contributed by atoms with Crippen LogP contribution >= 0.6 is 0 Å². The molecule has 0 aliphatic rings. The quantitative estimate of drug-likeness (QED) is 0.646. The molecule has 1 aromatic heterocycles. The van der Waals surface area contributed by atoms with Gasteiger partial charge in [-0.05, 0) is 31.2 Å². The molecule has 0 amide bonds. The number of pyridine rings is 1. The van der Waals surface area contributed by atoms with Crippen LogP contribution < -0.4 is 10.5 Å². The molecule has 0 radical (unpaired) electrons. The molecule has 1 aromatic carbocycles. The highest BCUT2D eigenvalue weighted by atomic mass is 32.2. The number of fused-ring (bicyclic) bond motifs is 1. The maximum atomic E-state index is 12.2. The summed E-state index contributed by atoms with van der Waals surface area (Å²) in [7, 11) is -2.79. The summed E-state index contributed by atoms with van der Waals surface area (Å²) in [5.74, 6) is -0.833. The van der Waals surface area contributed by atoms with Crippen molar-refractivity contribution in [2.24, 2.45) is 0 Å². The van der Waals surface area contributed by atoms with Gasteiger partial charge in [-0.2, -0.15) is 0 Å². The van der Waals surface area contributed by atoms with Crippen LogP contribution in [0.1, 0.15) is 6.92 Å². The molecule has 0 aliphatic carbocycles. The molecule has 1 heterocycles. The van der Waals surface area contributed by atoms with Crippen LogP contribution in [0.3, 0.4) is 0 Å². The summed E-state index contributed by atoms with van der Waals surface area (Å²) < 4.78 is 31.2. The number of aromatic nitrogens is 1. The number of methoxy groups -OCH3 is 1. The van der Waals surface area contributed by atoms with Gasteiger partial charge in [-0.15, -0.1) is 0 Å². The lowest BCUT2D eigenvalue weighted by atomic mass is 10.1. The number of carbonyl (C=O) groups excluding carboxylic acids is 1. The third kappa shape index (κ3) is 2.89. The minimum absolute atomic E-state index is 0.308. The highest BCUT2D eigenvalue weighted by Gasteiger charge is 2.29. The van der Waals surface area contributed by atoms with Crippen LogP contribution in [0.2, 0.25) is 0 Å². The largest absolute Gasteiger partial charge is 0.468 e. The van der Waals surface area contributed by atoms with E-state index in [1.807, 2.05) is 0 Å². The van der Waals surface area contributed by atoms with E-state index in [-0.39, 0.29) is 0 Å². The number of rotatable bonds is 4. The molecule has 2 aromatic rings. The Hall–Kier alpha value is -2.35. The molecule has 8 heteroatoms. The van der Waals surface area contributed by atoms with Gasteiger partial charge in [0.15, 0.2) is 5.25 Å². The van der Waals surface area contributed by atoms with Gasteiger partial charge in [-0.3, -0.25) is 14.5 Å². The Balaban J connectivity index is 2.45. The second-order valence-corrected chi connectivity index (χ2v) is 6.42. The monoisotopic (exact) mass is 309 g/mol. The standard InChI is InChI=1S/C13H15N3O4S/c1-8(13(17)20-2)21(18,19)16-11-6-5-10(14)12-9(11)4-3-7-15-12/h3-8,16H,14H2,1-2H3. The number of esters is 1. The maximum absolute atomic E-state index is 12.2. The average molecular weight is 309 g/mol. The number of nitrogens with zero attached hydrogens (tertiary/aromatic N) is 1. The minimum atomic E-state index is -3.92. The van der Waals surface area contributed by atoms with E-state index < -0.39 is 21.2 Å². The number of nitrogen functional groups attached to an aromatic ring is 1. The Labute approximate surface area is 122 Å². The van der Waals surface area contributed by atoms with Crippen molar-refractivity contribution in [3.63, 3.8) is 0 Å². The van der Waals surface area contributed by atoms with E-state index in [1.54, 1.807) is 24.4 Å². The number of nitrogens with one attached hydrogen (secondary N) is 1. The molecule has 112 valence electrons. The molecular formula is C13H15N3O4S. The van der Waals surface area contributed by atoms with Crippen LogP contribution in [0.25, 0.3) is 10.9 Å². The Morgan fingerprint density at radius 3 is 2.76 bits per heavy atom. The van der Waals surface area contributed by atoms with E-state index in [0.29, 0.717) is 22.3 Å². The van der Waals surface area contributed by atoms with Gasteiger partial charge in [0.2, 0.25) is 10.0 Å². The summed E-state index contributed by atoms with van der Waals surface area (Å²) in [5, 5.41) is -0.773. The fourth-order valence-electron chi connectivity index (χ4n) is 1.82. The molecule has 1 unspecified atom stereocenters. The van der Waals surface area contributed by atoms with Gasteiger partial charge in [-0.25, -0.2) is 8.42 Å². The lowest BCUT2D eigenvalue weighted by molar-refractivity contribution is -0.139. The zero-order valence-electron chi connectivity index (χ0n) is 11.5. The van der Waals surface area contributed by atoms with E-state index in [0.717, 1.165) is 7.11 Å². The number of nitrogens with two attached hydrogens (primary N) is 1. The van der Waals surface area contributed by atoms with Crippen molar-refractivity contribution in [1.29, 1.82) is 0 Å². The molecule has 21 heavy (non-hydrogen) atoms. The van der Waals surface area contributed by atoms with Crippen molar-refractivity contribution < 1.29 is 17.9 Å². The van der Waals surface area contributed by atoms with E-state index in [1.165, 1.54) is 13.0 Å². The number of hydrogen-bond acceptors (Lipinski definition) is 6. The first kappa shape index (κ1) is 15.0. The number of anilines is 2. The summed E-state index contributed by atoms with van der Waals surface area (Å²) in [6, 6.07) is 6.44. The number of benzene rings is 1. The van der Waals surface area contributed by atoms with Crippen LogP contribution in [-0.4, -0.2) is 31.7 Å². The van der Waals surface area contributed by atoms with Crippen molar-refractivity contribution in [1.82, 2.24) is 4.98 Å². The van der Waals surface area contributed by atoms with Gasteiger partial charge < -0.3 is 10.5 Å². The first-order valence-electron chi connectivity index (χ1n) is 6.09. The predicted molar refractivity (Wildman–Crippen MR) is 80.2 cm³/mol. The van der Waals surface area contributed by atoms with Crippen LogP contribution in [-0.2, 0) is 19.6 Å². The molecule has 3 N–H and O–H groups in total. The van der Waals surface area contributed by atoms with Gasteiger partial charge in [0.25, 0.3) is 0 Å². The second kappa shape index (κ2) is 5.57. The van der Waals surface area contributed by atoms with Crippen molar-refractivity contribution in [2.45, 2.75) is 12.2 Å². The van der Waals surface area contributed by atoms with Crippen molar-refractivity contribution in [3.8, 4) is 0 Å². The fourth-order valence-corrected chi connectivity index (χ4v) is 2.83. The van der Waals surface area contributed by atoms with Gasteiger partial charge in [0.1, 0.15) is 0 Å². The second-order valence-electron chi connectivity index (χ2n) is 4.41. The van der Waals surface area contributed by atoms with Crippen molar-refractivity contribution >= 4 is 38.3 Å². The highest BCUT2D eigenvalue weighted by molar-refractivity contribution is 7.94. The molecule has 0 aliphatic heterocycles. The average Bonchev–Trinajstić information content (AvgIpc) is 2.48. The predicted octanol–water partition coefficient (Wildman–Crippen LogP) is 1.12. The molecule has 0 spiro atoms. The molecule has 0 saturated heterocycles. The summed E-state index contributed by atoms with van der Waals surface area (Å²) >= 11 is 0. The van der Waals surface area contributed by atoms with Crippen molar-refractivity contribution in [2.75, 3.05) is 17.6 Å². The lowest BCUT2D eigenvalue weighted by Gasteiger charge is -2.14. The molecular weight excluding hydrogens is 294 g/mol. The first-order valence-corrected chi connectivity index (χ1v) is 7.64. The fraction of sp³-hybridized carbons (Fsp3) is 0.231. The molecule has 7 nitrogen and oxygen atoms in total. The van der Waals surface area contributed by atoms with E-state index in [2.05, 4.69) is 14.4 Å². The van der Waals surface area contributed by atoms with Gasteiger partial charge in [-0.1, -0.05) is 0 Å². The van der Waals surface area contributed by atoms with E-state index in [4.69, 9.17) is 5.73 Å². The number of hydrogen-bond donors (Lipinski definition) is 2. The summed E-state index contributed by atoms with van der Waals surface area (Å²) in [5.41, 5.74) is 7.04. The van der Waals surface area contributed by atoms with Gasteiger partial charge >= 0.3 is 5.97 Å². The van der Waals surface area contributed by atoms with E-state index >= 15 is 0 Å². The highest BCUT2D eigenvalue weighted by Crippen LogP contribution is 2.27. The number of ether oxygens (including phenoxy) is 1. The third-order valence-electron chi connectivity index (χ3n) is 3.05. The van der Waals surface area contributed by atoms with Crippen molar-refractivity contribution in [3.05, 3.63) is 30.5 Å². The van der Waals surface area contributed by atoms with Crippen LogP contribution in [0.4, 0.5) is 11.4 Å². The normalized spacial score (nSPS) is 12.9. The molecule has 2 rings (SSSR count). The topological polar surface area (TPSA) is 111 Å². The Bertz CT molecular complexity index is 789. The number of sulfonamides is 1. The first-order chi connectivity index (χ1) is 9.86. The third-order valence-corrected chi connectivity index (χ3v) is 4.68.